The number of aromatic nitrogens is 1. The van der Waals surface area contributed by atoms with E-state index in [1.54, 1.807) is 6.20 Å². The van der Waals surface area contributed by atoms with Gasteiger partial charge in [0.05, 0.1) is 6.20 Å². The third-order valence-electron chi connectivity index (χ3n) is 3.09. The van der Waals surface area contributed by atoms with Crippen LogP contribution in [0.25, 0.3) is 6.08 Å². The molecule has 3 rings (SSSR count). The lowest BCUT2D eigenvalue weighted by Gasteiger charge is -2.23. The van der Waals surface area contributed by atoms with Crippen LogP contribution in [0.5, 0.6) is 11.5 Å². The molecule has 0 radical (unpaired) electrons. The van der Waals surface area contributed by atoms with E-state index >= 15 is 0 Å². The summed E-state index contributed by atoms with van der Waals surface area (Å²) in [7, 11) is 0. The van der Waals surface area contributed by atoms with E-state index in [0.29, 0.717) is 5.92 Å². The molecule has 2 heterocycles. The molecule has 1 aliphatic rings. The zero-order chi connectivity index (χ0) is 12.9. The first-order chi connectivity index (χ1) is 9.40. The zero-order valence-corrected chi connectivity index (χ0v) is 10.6. The zero-order valence-electron chi connectivity index (χ0n) is 10.6. The van der Waals surface area contributed by atoms with Crippen molar-refractivity contribution in [3.8, 4) is 11.5 Å². The molecule has 1 aromatic heterocycles. The maximum Gasteiger partial charge on any atom is 0.146 e. The van der Waals surface area contributed by atoms with Crippen molar-refractivity contribution in [1.82, 2.24) is 10.3 Å². The summed E-state index contributed by atoms with van der Waals surface area (Å²) in [5, 5.41) is 3.25. The lowest BCUT2D eigenvalue weighted by Crippen LogP contribution is -2.40. The highest BCUT2D eigenvalue weighted by atomic mass is 16.5. The van der Waals surface area contributed by atoms with Gasteiger partial charge in [-0.05, 0) is 23.8 Å². The van der Waals surface area contributed by atoms with Gasteiger partial charge in [-0.1, -0.05) is 30.4 Å². The normalized spacial score (nSPS) is 15.4. The maximum absolute atomic E-state index is 5.76. The third kappa shape index (κ3) is 3.20. The molecule has 96 valence electrons. The number of nitrogens with one attached hydrogen (secondary N) is 1. The van der Waals surface area contributed by atoms with Crippen molar-refractivity contribution in [1.29, 1.82) is 0 Å². The van der Waals surface area contributed by atoms with Gasteiger partial charge in [0.2, 0.25) is 0 Å². The fourth-order valence-electron chi connectivity index (χ4n) is 1.90. The van der Waals surface area contributed by atoms with Gasteiger partial charge in [0.1, 0.15) is 11.5 Å². The summed E-state index contributed by atoms with van der Waals surface area (Å²) in [4.78, 5) is 4.21. The summed E-state index contributed by atoms with van der Waals surface area (Å²) in [5.74, 6) is 2.24. The van der Waals surface area contributed by atoms with Crippen LogP contribution in [0.15, 0.2) is 54.9 Å². The molecule has 2 aromatic rings. The van der Waals surface area contributed by atoms with Crippen LogP contribution in [-0.4, -0.2) is 18.1 Å². The average Bonchev–Trinajstić information content (AvgIpc) is 2.39. The topological polar surface area (TPSA) is 34.2 Å². The van der Waals surface area contributed by atoms with Crippen molar-refractivity contribution >= 4 is 6.08 Å². The van der Waals surface area contributed by atoms with Crippen LogP contribution in [0.1, 0.15) is 5.56 Å². The molecule has 0 saturated carbocycles. The van der Waals surface area contributed by atoms with E-state index < -0.39 is 0 Å². The minimum atomic E-state index is 0.652. The predicted molar refractivity (Wildman–Crippen MR) is 76.1 cm³/mol. The average molecular weight is 252 g/mol. The second-order valence-corrected chi connectivity index (χ2v) is 4.65. The Bertz CT molecular complexity index is 562. The molecule has 0 bridgehead atoms. The number of rotatable bonds is 4. The molecule has 0 spiro atoms. The molecule has 1 saturated heterocycles. The summed E-state index contributed by atoms with van der Waals surface area (Å²) in [6.07, 6.45) is 7.91. The Morgan fingerprint density at radius 3 is 2.68 bits per heavy atom. The standard InChI is InChI=1S/C16H16N2O/c1-2-4-15(5-3-1)19-16-8-13(9-18-12-16)6-7-14-10-17-11-14/h1-9,12,14,17H,10-11H2/b7-6+. The molecular weight excluding hydrogens is 236 g/mol. The van der Waals surface area contributed by atoms with Crippen molar-refractivity contribution in [3.05, 3.63) is 60.4 Å². The Morgan fingerprint density at radius 1 is 1.11 bits per heavy atom. The number of ether oxygens (including phenoxy) is 1. The summed E-state index contributed by atoms with van der Waals surface area (Å²) >= 11 is 0. The molecule has 1 fully saturated rings. The fraction of sp³-hybridized carbons (Fsp3) is 0.188. The van der Waals surface area contributed by atoms with E-state index in [9.17, 15) is 0 Å². The van der Waals surface area contributed by atoms with E-state index in [-0.39, 0.29) is 0 Å². The van der Waals surface area contributed by atoms with Crippen LogP contribution >= 0.6 is 0 Å². The fourth-order valence-corrected chi connectivity index (χ4v) is 1.90. The van der Waals surface area contributed by atoms with Gasteiger partial charge in [0.25, 0.3) is 0 Å². The van der Waals surface area contributed by atoms with Crippen LogP contribution < -0.4 is 10.1 Å². The summed E-state index contributed by atoms with van der Waals surface area (Å²) in [6.45, 7) is 2.15. The minimum absolute atomic E-state index is 0.652. The number of hydrogen-bond donors (Lipinski definition) is 1. The molecule has 1 N–H and O–H groups in total. The number of hydrogen-bond acceptors (Lipinski definition) is 3. The molecule has 19 heavy (non-hydrogen) atoms. The Hall–Kier alpha value is -2.13. The van der Waals surface area contributed by atoms with Crippen LogP contribution in [0, 0.1) is 5.92 Å². The summed E-state index contributed by atoms with van der Waals surface area (Å²) in [6, 6.07) is 11.7. The van der Waals surface area contributed by atoms with Gasteiger partial charge in [0.15, 0.2) is 0 Å². The largest absolute Gasteiger partial charge is 0.456 e. The van der Waals surface area contributed by atoms with Crippen LogP contribution in [0.2, 0.25) is 0 Å². The number of nitrogens with zero attached hydrogens (tertiary/aromatic N) is 1. The molecule has 1 aromatic carbocycles. The van der Waals surface area contributed by atoms with E-state index in [0.717, 1.165) is 30.2 Å². The van der Waals surface area contributed by atoms with Crippen LogP contribution in [0.3, 0.4) is 0 Å². The maximum atomic E-state index is 5.76. The van der Waals surface area contributed by atoms with Crippen LogP contribution in [0.4, 0.5) is 0 Å². The lowest BCUT2D eigenvalue weighted by atomic mass is 10.0. The van der Waals surface area contributed by atoms with E-state index in [1.165, 1.54) is 0 Å². The van der Waals surface area contributed by atoms with Crippen molar-refractivity contribution in [2.45, 2.75) is 0 Å². The molecule has 0 aliphatic carbocycles. The Morgan fingerprint density at radius 2 is 1.95 bits per heavy atom. The highest BCUT2D eigenvalue weighted by Crippen LogP contribution is 2.21. The van der Waals surface area contributed by atoms with Crippen molar-refractivity contribution in [2.24, 2.45) is 5.92 Å². The molecule has 0 atom stereocenters. The molecule has 0 amide bonds. The Labute approximate surface area is 113 Å². The van der Waals surface area contributed by atoms with Gasteiger partial charge in [-0.2, -0.15) is 0 Å². The van der Waals surface area contributed by atoms with Gasteiger partial charge < -0.3 is 10.1 Å². The molecular formula is C16H16N2O. The van der Waals surface area contributed by atoms with Crippen LogP contribution in [-0.2, 0) is 0 Å². The van der Waals surface area contributed by atoms with Gasteiger partial charge in [0, 0.05) is 25.2 Å². The van der Waals surface area contributed by atoms with Gasteiger partial charge in [-0.15, -0.1) is 0 Å². The highest BCUT2D eigenvalue weighted by molar-refractivity contribution is 5.51. The monoisotopic (exact) mass is 252 g/mol. The van der Waals surface area contributed by atoms with Gasteiger partial charge in [-0.3, -0.25) is 4.98 Å². The summed E-state index contributed by atoms with van der Waals surface area (Å²) in [5.41, 5.74) is 1.07. The molecule has 3 heteroatoms. The second kappa shape index (κ2) is 5.67. The first-order valence-electron chi connectivity index (χ1n) is 6.47. The Kier molecular flexibility index (Phi) is 3.56. The van der Waals surface area contributed by atoms with E-state index in [1.807, 2.05) is 42.6 Å². The first-order valence-corrected chi connectivity index (χ1v) is 6.47. The van der Waals surface area contributed by atoms with Gasteiger partial charge >= 0.3 is 0 Å². The predicted octanol–water partition coefficient (Wildman–Crippen LogP) is 3.11. The molecule has 1 aliphatic heterocycles. The smallest absolute Gasteiger partial charge is 0.146 e. The summed E-state index contributed by atoms with van der Waals surface area (Å²) < 4.78 is 5.76. The third-order valence-corrected chi connectivity index (χ3v) is 3.09. The van der Waals surface area contributed by atoms with E-state index in [2.05, 4.69) is 22.5 Å². The highest BCUT2D eigenvalue weighted by Gasteiger charge is 2.12. The SMILES string of the molecule is C(=C\C1CNC1)/c1cncc(Oc2ccccc2)c1. The van der Waals surface area contributed by atoms with Crippen molar-refractivity contribution in [2.75, 3.05) is 13.1 Å². The molecule has 0 unspecified atom stereocenters. The first kappa shape index (κ1) is 11.9. The Balaban J connectivity index is 1.70. The van der Waals surface area contributed by atoms with Crippen molar-refractivity contribution in [3.63, 3.8) is 0 Å². The quantitative estimate of drug-likeness (QED) is 0.908. The minimum Gasteiger partial charge on any atom is -0.456 e. The number of pyridine rings is 1. The number of benzene rings is 1. The second-order valence-electron chi connectivity index (χ2n) is 4.65. The van der Waals surface area contributed by atoms with Gasteiger partial charge in [-0.25, -0.2) is 0 Å². The number of para-hydroxylation sites is 1. The molecule has 3 nitrogen and oxygen atoms in total. The lowest BCUT2D eigenvalue weighted by molar-refractivity contribution is 0.420. The van der Waals surface area contributed by atoms with Crippen molar-refractivity contribution < 1.29 is 4.74 Å². The van der Waals surface area contributed by atoms with E-state index in [4.69, 9.17) is 4.74 Å².